The van der Waals surface area contributed by atoms with Crippen molar-refractivity contribution >= 4 is 35.1 Å². The van der Waals surface area contributed by atoms with Crippen LogP contribution in [0, 0.1) is 0 Å². The van der Waals surface area contributed by atoms with E-state index in [0.29, 0.717) is 39.1 Å². The van der Waals surface area contributed by atoms with Crippen molar-refractivity contribution in [3.8, 4) is 11.5 Å². The Morgan fingerprint density at radius 1 is 0.875 bits per heavy atom. The molecule has 0 aliphatic rings. The van der Waals surface area contributed by atoms with Crippen molar-refractivity contribution < 1.29 is 19.1 Å². The van der Waals surface area contributed by atoms with E-state index < -0.39 is 5.97 Å². The summed E-state index contributed by atoms with van der Waals surface area (Å²) in [6.07, 6.45) is 1.44. The summed E-state index contributed by atoms with van der Waals surface area (Å²) in [7, 11) is 1.52. The number of methoxy groups -OCH3 is 1. The molecule has 0 aliphatic heterocycles. The van der Waals surface area contributed by atoms with E-state index in [1.165, 1.54) is 7.11 Å². The van der Waals surface area contributed by atoms with Gasteiger partial charge < -0.3 is 14.8 Å². The summed E-state index contributed by atoms with van der Waals surface area (Å²) < 4.78 is 10.9. The lowest BCUT2D eigenvalue weighted by Crippen LogP contribution is -2.32. The molecule has 0 radical (unpaired) electrons. The first kappa shape index (κ1) is 23.6. The van der Waals surface area contributed by atoms with E-state index in [1.807, 2.05) is 19.1 Å². The summed E-state index contributed by atoms with van der Waals surface area (Å²) in [4.78, 5) is 24.7. The van der Waals surface area contributed by atoms with E-state index in [1.54, 1.807) is 54.6 Å². The van der Waals surface area contributed by atoms with E-state index in [4.69, 9.17) is 32.7 Å². The van der Waals surface area contributed by atoms with Crippen molar-refractivity contribution in [2.45, 2.75) is 25.8 Å². The predicted octanol–water partition coefficient (Wildman–Crippen LogP) is 5.97. The van der Waals surface area contributed by atoms with E-state index in [9.17, 15) is 9.59 Å². The van der Waals surface area contributed by atoms with Gasteiger partial charge in [-0.1, -0.05) is 29.3 Å². The second-order valence-corrected chi connectivity index (χ2v) is 8.17. The highest BCUT2D eigenvalue weighted by Crippen LogP contribution is 2.29. The first-order valence-corrected chi connectivity index (χ1v) is 10.8. The Morgan fingerprint density at radius 3 is 2.06 bits per heavy atom. The van der Waals surface area contributed by atoms with Gasteiger partial charge in [0.2, 0.25) is 0 Å². The molecular weight excluding hydrogens is 449 g/mol. The third-order valence-electron chi connectivity index (χ3n) is 4.86. The molecule has 1 atom stereocenters. The number of carbonyl (C=O) groups is 2. The first-order chi connectivity index (χ1) is 15.4. The zero-order valence-electron chi connectivity index (χ0n) is 17.7. The molecule has 166 valence electrons. The van der Waals surface area contributed by atoms with Crippen LogP contribution in [0.25, 0.3) is 0 Å². The summed E-state index contributed by atoms with van der Waals surface area (Å²) in [5, 5.41) is 4.11. The highest BCUT2D eigenvalue weighted by Gasteiger charge is 2.14. The van der Waals surface area contributed by atoms with Crippen molar-refractivity contribution in [2.75, 3.05) is 7.11 Å². The smallest absolute Gasteiger partial charge is 0.343 e. The molecule has 1 amide bonds. The summed E-state index contributed by atoms with van der Waals surface area (Å²) in [5.74, 6) is 0.158. The molecule has 1 N–H and O–H groups in total. The quantitative estimate of drug-likeness (QED) is 0.324. The SMILES string of the molecule is COc1cc(CC[C@H](C)NC(=O)c2ccc(Cl)cc2)ccc1OC(=O)c1ccc(Cl)cc1. The molecule has 0 aliphatic carbocycles. The van der Waals surface area contributed by atoms with Gasteiger partial charge in [-0.25, -0.2) is 4.79 Å². The highest BCUT2D eigenvalue weighted by molar-refractivity contribution is 6.31. The number of nitrogens with one attached hydrogen (secondary N) is 1. The first-order valence-electron chi connectivity index (χ1n) is 10.1. The molecule has 0 bridgehead atoms. The molecule has 3 aromatic carbocycles. The molecule has 32 heavy (non-hydrogen) atoms. The summed E-state index contributed by atoms with van der Waals surface area (Å²) >= 11 is 11.7. The van der Waals surface area contributed by atoms with Crippen LogP contribution in [0.5, 0.6) is 11.5 Å². The van der Waals surface area contributed by atoms with Gasteiger partial charge in [0.1, 0.15) is 0 Å². The number of ether oxygens (including phenoxy) is 2. The summed E-state index contributed by atoms with van der Waals surface area (Å²) in [6, 6.07) is 18.6. The highest BCUT2D eigenvalue weighted by atomic mass is 35.5. The number of esters is 1. The van der Waals surface area contributed by atoms with Gasteiger partial charge in [-0.15, -0.1) is 0 Å². The van der Waals surface area contributed by atoms with Crippen LogP contribution in [0.4, 0.5) is 0 Å². The van der Waals surface area contributed by atoms with E-state index >= 15 is 0 Å². The monoisotopic (exact) mass is 471 g/mol. The number of aryl methyl sites for hydroxylation is 1. The Kier molecular flexibility index (Phi) is 8.14. The lowest BCUT2D eigenvalue weighted by molar-refractivity contribution is 0.0729. The van der Waals surface area contributed by atoms with Gasteiger partial charge in [0.25, 0.3) is 5.91 Å². The van der Waals surface area contributed by atoms with Crippen LogP contribution in [0.15, 0.2) is 66.7 Å². The maximum absolute atomic E-state index is 12.4. The van der Waals surface area contributed by atoms with Gasteiger partial charge >= 0.3 is 5.97 Å². The summed E-state index contributed by atoms with van der Waals surface area (Å²) in [5.41, 5.74) is 1.96. The second kappa shape index (κ2) is 11.0. The third kappa shape index (κ3) is 6.49. The topological polar surface area (TPSA) is 64.6 Å². The zero-order chi connectivity index (χ0) is 23.1. The number of rotatable bonds is 8. The number of benzene rings is 3. The van der Waals surface area contributed by atoms with Crippen molar-refractivity contribution in [2.24, 2.45) is 0 Å². The van der Waals surface area contributed by atoms with Gasteiger partial charge in [0, 0.05) is 21.7 Å². The number of amides is 1. The van der Waals surface area contributed by atoms with Crippen molar-refractivity contribution in [3.05, 3.63) is 93.5 Å². The van der Waals surface area contributed by atoms with Crippen LogP contribution in [-0.2, 0) is 6.42 Å². The fourth-order valence-electron chi connectivity index (χ4n) is 3.06. The number of carbonyl (C=O) groups excluding carboxylic acids is 2. The molecule has 0 spiro atoms. The lowest BCUT2D eigenvalue weighted by atomic mass is 10.0. The summed E-state index contributed by atoms with van der Waals surface area (Å²) in [6.45, 7) is 1.95. The van der Waals surface area contributed by atoms with E-state index in [-0.39, 0.29) is 11.9 Å². The van der Waals surface area contributed by atoms with Gasteiger partial charge in [-0.2, -0.15) is 0 Å². The minimum absolute atomic E-state index is 0.0356. The molecule has 7 heteroatoms. The zero-order valence-corrected chi connectivity index (χ0v) is 19.2. The Hall–Kier alpha value is -3.02. The molecule has 0 fully saturated rings. The van der Waals surface area contributed by atoms with E-state index in [0.717, 1.165) is 12.0 Å². The molecule has 0 saturated carbocycles. The Balaban J connectivity index is 1.57. The fraction of sp³-hybridized carbons (Fsp3) is 0.200. The van der Waals surface area contributed by atoms with Crippen LogP contribution in [0.3, 0.4) is 0 Å². The van der Waals surface area contributed by atoms with Crippen LogP contribution >= 0.6 is 23.2 Å². The van der Waals surface area contributed by atoms with Crippen LogP contribution in [-0.4, -0.2) is 25.0 Å². The fourth-order valence-corrected chi connectivity index (χ4v) is 3.31. The van der Waals surface area contributed by atoms with Crippen LogP contribution < -0.4 is 14.8 Å². The number of hydrogen-bond acceptors (Lipinski definition) is 4. The minimum atomic E-state index is -0.494. The predicted molar refractivity (Wildman–Crippen MR) is 126 cm³/mol. The van der Waals surface area contributed by atoms with Crippen molar-refractivity contribution in [1.82, 2.24) is 5.32 Å². The van der Waals surface area contributed by atoms with Crippen molar-refractivity contribution in [3.63, 3.8) is 0 Å². The van der Waals surface area contributed by atoms with Gasteiger partial charge in [0.05, 0.1) is 12.7 Å². The average Bonchev–Trinajstić information content (AvgIpc) is 2.79. The Morgan fingerprint density at radius 2 is 1.47 bits per heavy atom. The molecule has 0 aromatic heterocycles. The van der Waals surface area contributed by atoms with Gasteiger partial charge in [-0.3, -0.25) is 4.79 Å². The largest absolute Gasteiger partial charge is 0.493 e. The van der Waals surface area contributed by atoms with E-state index in [2.05, 4.69) is 5.32 Å². The van der Waals surface area contributed by atoms with Gasteiger partial charge in [-0.05, 0) is 86.0 Å². The molecule has 0 saturated heterocycles. The normalized spacial score (nSPS) is 11.5. The number of halogens is 2. The van der Waals surface area contributed by atoms with Crippen LogP contribution in [0.1, 0.15) is 39.6 Å². The Labute approximate surface area is 197 Å². The number of hydrogen-bond donors (Lipinski definition) is 1. The Bertz CT molecular complexity index is 1080. The molecular formula is C25H23Cl2NO4. The molecule has 0 heterocycles. The lowest BCUT2D eigenvalue weighted by Gasteiger charge is -2.15. The minimum Gasteiger partial charge on any atom is -0.493 e. The molecule has 0 unspecified atom stereocenters. The van der Waals surface area contributed by atoms with Crippen LogP contribution in [0.2, 0.25) is 10.0 Å². The molecule has 3 aromatic rings. The van der Waals surface area contributed by atoms with Gasteiger partial charge in [0.15, 0.2) is 11.5 Å². The second-order valence-electron chi connectivity index (χ2n) is 7.30. The van der Waals surface area contributed by atoms with Crippen molar-refractivity contribution in [1.29, 1.82) is 0 Å². The third-order valence-corrected chi connectivity index (χ3v) is 5.36. The molecule has 5 nitrogen and oxygen atoms in total. The molecule has 3 rings (SSSR count). The maximum Gasteiger partial charge on any atom is 0.343 e. The average molecular weight is 472 g/mol. The standard InChI is InChI=1S/C25H23Cl2NO4/c1-16(28-24(29)18-6-10-20(26)11-7-18)3-4-17-5-14-22(23(15-17)31-2)32-25(30)19-8-12-21(27)13-9-19/h5-16H,3-4H2,1-2H3,(H,28,29)/t16-/m0/s1. The maximum atomic E-state index is 12.4.